The number of nitrogens with zero attached hydrogens (tertiary/aromatic N) is 5. The maximum Gasteiger partial charge on any atom is 0.296 e. The summed E-state index contributed by atoms with van der Waals surface area (Å²) < 4.78 is 101. The number of phenols is 1. The van der Waals surface area contributed by atoms with E-state index in [0.717, 1.165) is 30.3 Å². The average molecular weight is 683 g/mol. The van der Waals surface area contributed by atoms with E-state index in [2.05, 4.69) is 20.5 Å². The zero-order chi connectivity index (χ0) is 33.6. The molecule has 0 fully saturated rings. The third kappa shape index (κ3) is 6.38. The third-order valence-corrected chi connectivity index (χ3v) is 9.13. The molecule has 0 aliphatic rings. The summed E-state index contributed by atoms with van der Waals surface area (Å²) in [6.45, 7) is 0. The maximum atomic E-state index is 12.3. The molecule has 0 aliphatic heterocycles. The summed E-state index contributed by atoms with van der Waals surface area (Å²) >= 11 is 0. The minimum absolute atomic E-state index is 0.0332. The summed E-state index contributed by atoms with van der Waals surface area (Å²) in [6.07, 6.45) is 0. The van der Waals surface area contributed by atoms with E-state index in [4.69, 9.17) is 11.0 Å². The Morgan fingerprint density at radius 3 is 1.80 bits per heavy atom. The minimum Gasteiger partial charge on any atom is -0.505 e. The molecule has 0 heterocycles. The van der Waals surface area contributed by atoms with Gasteiger partial charge in [0.25, 0.3) is 30.4 Å². The molecule has 0 radical (unpaired) electrons. The van der Waals surface area contributed by atoms with Crippen LogP contribution in [0.3, 0.4) is 0 Å². The van der Waals surface area contributed by atoms with Crippen LogP contribution in [0, 0.1) is 11.3 Å². The Balaban J connectivity index is 1.70. The van der Waals surface area contributed by atoms with Crippen LogP contribution in [0.5, 0.6) is 5.75 Å². The summed E-state index contributed by atoms with van der Waals surface area (Å²) in [4.78, 5) is -2.31. The number of anilines is 1. The van der Waals surface area contributed by atoms with Crippen molar-refractivity contribution in [3.8, 4) is 11.8 Å². The molecule has 19 heteroatoms. The number of aromatic hydroxyl groups is 1. The maximum absolute atomic E-state index is 12.3. The third-order valence-electron chi connectivity index (χ3n) is 6.50. The van der Waals surface area contributed by atoms with Crippen molar-refractivity contribution in [3.05, 3.63) is 78.4 Å². The molecule has 5 aromatic carbocycles. The molecule has 0 atom stereocenters. The van der Waals surface area contributed by atoms with E-state index in [1.165, 1.54) is 30.3 Å². The number of nitriles is 1. The smallest absolute Gasteiger partial charge is 0.296 e. The van der Waals surface area contributed by atoms with Crippen molar-refractivity contribution < 1.29 is 44.0 Å². The van der Waals surface area contributed by atoms with E-state index in [9.17, 15) is 44.0 Å². The van der Waals surface area contributed by atoms with Gasteiger partial charge in [0.05, 0.1) is 39.3 Å². The fourth-order valence-electron chi connectivity index (χ4n) is 4.36. The SMILES string of the molecule is N#Cc1ccc(N=Nc2ccc(N=Nc3c(S(=O)(=O)O)cc4cc(S(=O)(=O)O)c(N)cc4c3O)c3cc(S(=O)(=O)O)ccc23)cc1. The van der Waals surface area contributed by atoms with E-state index in [1.54, 1.807) is 12.1 Å². The van der Waals surface area contributed by atoms with Crippen LogP contribution in [0.4, 0.5) is 28.4 Å². The van der Waals surface area contributed by atoms with Crippen LogP contribution in [0.2, 0.25) is 0 Å². The molecule has 0 saturated heterocycles. The second-order valence-electron chi connectivity index (χ2n) is 9.48. The van der Waals surface area contributed by atoms with Crippen LogP contribution in [-0.4, -0.2) is 44.0 Å². The van der Waals surface area contributed by atoms with Crippen molar-refractivity contribution in [2.45, 2.75) is 14.7 Å². The van der Waals surface area contributed by atoms with E-state index >= 15 is 0 Å². The Bertz CT molecular complexity index is 2530. The quantitative estimate of drug-likeness (QED) is 0.0782. The Kier molecular flexibility index (Phi) is 8.03. The molecule has 0 spiro atoms. The van der Waals surface area contributed by atoms with Crippen LogP contribution in [0.1, 0.15) is 5.56 Å². The van der Waals surface area contributed by atoms with Crippen LogP contribution in [-0.2, 0) is 30.4 Å². The average Bonchev–Trinajstić information content (AvgIpc) is 2.98. The first kappa shape index (κ1) is 32.0. The van der Waals surface area contributed by atoms with Gasteiger partial charge in [-0.05, 0) is 72.1 Å². The number of phenolic OH excluding ortho intramolecular Hbond substituents is 1. The standard InChI is InChI=1S/C27H18N6O10S3/c28-13-14-1-3-16(4-2-14)30-31-22-7-8-23(20-11-17(44(35,36)37)5-6-18(20)22)32-33-26-25(46(41,42)43)10-15-9-24(45(38,39)40)21(29)12-19(15)27(26)34/h1-12,34H,29H2,(H,35,36,37)(H,38,39,40)(H,41,42,43). The first-order valence-electron chi connectivity index (χ1n) is 12.4. The zero-order valence-electron chi connectivity index (χ0n) is 22.7. The highest BCUT2D eigenvalue weighted by molar-refractivity contribution is 7.86. The summed E-state index contributed by atoms with van der Waals surface area (Å²) in [5, 5.41) is 35.8. The van der Waals surface area contributed by atoms with Gasteiger partial charge < -0.3 is 10.8 Å². The molecule has 6 N–H and O–H groups in total. The molecule has 0 unspecified atom stereocenters. The lowest BCUT2D eigenvalue weighted by molar-refractivity contribution is 0.472. The Labute approximate surface area is 260 Å². The summed E-state index contributed by atoms with van der Waals surface area (Å²) in [5.41, 5.74) is 5.30. The first-order chi connectivity index (χ1) is 21.5. The summed E-state index contributed by atoms with van der Waals surface area (Å²) in [5.74, 6) is -0.891. The van der Waals surface area contributed by atoms with Gasteiger partial charge in [-0.15, -0.1) is 15.3 Å². The van der Waals surface area contributed by atoms with Crippen LogP contribution in [0.25, 0.3) is 21.5 Å². The summed E-state index contributed by atoms with van der Waals surface area (Å²) in [7, 11) is -14.7. The predicted molar refractivity (Wildman–Crippen MR) is 163 cm³/mol. The van der Waals surface area contributed by atoms with Crippen molar-refractivity contribution in [2.24, 2.45) is 20.5 Å². The van der Waals surface area contributed by atoms with Crippen molar-refractivity contribution in [1.29, 1.82) is 5.26 Å². The molecule has 0 bridgehead atoms. The van der Waals surface area contributed by atoms with Gasteiger partial charge in [-0.3, -0.25) is 13.7 Å². The van der Waals surface area contributed by atoms with E-state index in [-0.39, 0.29) is 32.9 Å². The van der Waals surface area contributed by atoms with Crippen LogP contribution >= 0.6 is 0 Å². The normalized spacial score (nSPS) is 12.7. The van der Waals surface area contributed by atoms with Crippen molar-refractivity contribution in [1.82, 2.24) is 0 Å². The highest BCUT2D eigenvalue weighted by atomic mass is 32.2. The number of nitrogen functional groups attached to an aromatic ring is 1. The topological polar surface area (TPSA) is 283 Å². The zero-order valence-corrected chi connectivity index (χ0v) is 25.2. The van der Waals surface area contributed by atoms with Gasteiger partial charge in [-0.2, -0.15) is 35.6 Å². The number of azo groups is 2. The molecular formula is C27H18N6O10S3. The van der Waals surface area contributed by atoms with Crippen LogP contribution in [0.15, 0.2) is 108 Å². The lowest BCUT2D eigenvalue weighted by Gasteiger charge is -2.11. The largest absolute Gasteiger partial charge is 0.505 e. The van der Waals surface area contributed by atoms with E-state index in [1.807, 2.05) is 6.07 Å². The molecule has 0 aliphatic carbocycles. The Hall–Kier alpha value is -5.36. The van der Waals surface area contributed by atoms with Gasteiger partial charge in [-0.25, -0.2) is 0 Å². The van der Waals surface area contributed by atoms with E-state index in [0.29, 0.717) is 11.3 Å². The van der Waals surface area contributed by atoms with Crippen LogP contribution < -0.4 is 5.73 Å². The molecule has 0 aromatic heterocycles. The first-order valence-corrected chi connectivity index (χ1v) is 16.7. The number of fused-ring (bicyclic) bond motifs is 2. The lowest BCUT2D eigenvalue weighted by Crippen LogP contribution is -2.04. The molecule has 16 nitrogen and oxygen atoms in total. The second-order valence-corrected chi connectivity index (χ2v) is 13.7. The molecule has 0 saturated carbocycles. The van der Waals surface area contributed by atoms with Gasteiger partial charge in [0.15, 0.2) is 5.75 Å². The van der Waals surface area contributed by atoms with Gasteiger partial charge in [-0.1, -0.05) is 6.07 Å². The van der Waals surface area contributed by atoms with Gasteiger partial charge in [0.1, 0.15) is 15.5 Å². The number of hydrogen-bond acceptors (Lipinski definition) is 13. The molecule has 46 heavy (non-hydrogen) atoms. The van der Waals surface area contributed by atoms with Gasteiger partial charge >= 0.3 is 0 Å². The minimum atomic E-state index is -5.14. The second kappa shape index (κ2) is 11.5. The monoisotopic (exact) mass is 682 g/mol. The molecule has 234 valence electrons. The molecule has 0 amide bonds. The fourth-order valence-corrected chi connectivity index (χ4v) is 6.15. The van der Waals surface area contributed by atoms with Gasteiger partial charge in [0.2, 0.25) is 0 Å². The number of rotatable bonds is 7. The number of nitrogens with two attached hydrogens (primary N) is 1. The number of hydrogen-bond donors (Lipinski definition) is 5. The van der Waals surface area contributed by atoms with E-state index < -0.39 is 62.2 Å². The fraction of sp³-hybridized carbons (Fsp3) is 0. The highest BCUT2D eigenvalue weighted by Gasteiger charge is 2.25. The molecule has 5 rings (SSSR count). The van der Waals surface area contributed by atoms with Gasteiger partial charge in [0, 0.05) is 16.2 Å². The van der Waals surface area contributed by atoms with Crippen molar-refractivity contribution in [2.75, 3.05) is 5.73 Å². The predicted octanol–water partition coefficient (Wildman–Crippen LogP) is 5.72. The Morgan fingerprint density at radius 1 is 0.630 bits per heavy atom. The number of benzene rings is 5. The molecule has 5 aromatic rings. The molecular weight excluding hydrogens is 665 g/mol. The van der Waals surface area contributed by atoms with Crippen molar-refractivity contribution in [3.63, 3.8) is 0 Å². The highest BCUT2D eigenvalue weighted by Crippen LogP contribution is 2.44. The Morgan fingerprint density at radius 2 is 1.22 bits per heavy atom. The lowest BCUT2D eigenvalue weighted by atomic mass is 10.1. The van der Waals surface area contributed by atoms with Crippen molar-refractivity contribution >= 4 is 80.3 Å². The summed E-state index contributed by atoms with van der Waals surface area (Å²) in [6, 6.07) is 16.8.